The lowest BCUT2D eigenvalue weighted by molar-refractivity contribution is -0.124. The van der Waals surface area contributed by atoms with Crippen LogP contribution in [0.2, 0.25) is 0 Å². The van der Waals surface area contributed by atoms with Gasteiger partial charge >= 0.3 is 0 Å². The lowest BCUT2D eigenvalue weighted by Gasteiger charge is -2.19. The fraction of sp³-hybridized carbons (Fsp3) is 0.438. The molecule has 3 rings (SSSR count). The van der Waals surface area contributed by atoms with Crippen LogP contribution in [0.15, 0.2) is 30.3 Å². The van der Waals surface area contributed by atoms with E-state index in [1.807, 2.05) is 41.8 Å². The van der Waals surface area contributed by atoms with Crippen LogP contribution in [0.25, 0.3) is 11.4 Å². The molecule has 110 valence electrons. The molecule has 1 aromatic heterocycles. The standard InChI is InChI=1S/C16H20N4O/c1-2-17-16(21)13-10-6-7-11-14-18-19-15(20(13)14)12-8-4-3-5-9-12/h3-5,8-9,13H,2,6-7,10-11H2,1H3,(H,17,21). The molecule has 1 aliphatic rings. The molecule has 21 heavy (non-hydrogen) atoms. The molecule has 0 saturated carbocycles. The van der Waals surface area contributed by atoms with Gasteiger partial charge in [-0.05, 0) is 19.8 Å². The Balaban J connectivity index is 2.06. The molecule has 0 saturated heterocycles. The molecule has 0 spiro atoms. The average Bonchev–Trinajstić information content (AvgIpc) is 2.81. The van der Waals surface area contributed by atoms with Gasteiger partial charge in [0.05, 0.1) is 0 Å². The minimum atomic E-state index is -0.201. The molecule has 1 unspecified atom stereocenters. The fourth-order valence-corrected chi connectivity index (χ4v) is 2.90. The Morgan fingerprint density at radius 2 is 2.10 bits per heavy atom. The summed E-state index contributed by atoms with van der Waals surface area (Å²) in [5, 5.41) is 11.6. The largest absolute Gasteiger partial charge is 0.355 e. The Bertz CT molecular complexity index is 620. The molecule has 0 aliphatic carbocycles. The molecule has 0 fully saturated rings. The molecular weight excluding hydrogens is 264 g/mol. The molecular formula is C16H20N4O. The Hall–Kier alpha value is -2.17. The highest BCUT2D eigenvalue weighted by molar-refractivity contribution is 5.81. The normalized spacial score (nSPS) is 17.9. The van der Waals surface area contributed by atoms with Crippen molar-refractivity contribution in [3.8, 4) is 11.4 Å². The van der Waals surface area contributed by atoms with E-state index >= 15 is 0 Å². The Labute approximate surface area is 124 Å². The zero-order valence-corrected chi connectivity index (χ0v) is 12.2. The van der Waals surface area contributed by atoms with Crippen LogP contribution in [0.5, 0.6) is 0 Å². The highest BCUT2D eigenvalue weighted by Crippen LogP contribution is 2.29. The van der Waals surface area contributed by atoms with Gasteiger partial charge in [-0.1, -0.05) is 36.8 Å². The van der Waals surface area contributed by atoms with Crippen LogP contribution in [0.4, 0.5) is 0 Å². The zero-order valence-electron chi connectivity index (χ0n) is 12.2. The van der Waals surface area contributed by atoms with E-state index in [9.17, 15) is 4.79 Å². The van der Waals surface area contributed by atoms with E-state index < -0.39 is 0 Å². The van der Waals surface area contributed by atoms with Crippen molar-refractivity contribution in [2.24, 2.45) is 0 Å². The van der Waals surface area contributed by atoms with Gasteiger partial charge in [0.2, 0.25) is 5.91 Å². The maximum atomic E-state index is 12.4. The van der Waals surface area contributed by atoms with Crippen molar-refractivity contribution in [3.05, 3.63) is 36.2 Å². The van der Waals surface area contributed by atoms with Crippen LogP contribution >= 0.6 is 0 Å². The van der Waals surface area contributed by atoms with Crippen LogP contribution < -0.4 is 5.32 Å². The zero-order chi connectivity index (χ0) is 14.7. The first kappa shape index (κ1) is 13.8. The van der Waals surface area contributed by atoms with Gasteiger partial charge in [0, 0.05) is 18.5 Å². The number of nitrogens with one attached hydrogen (secondary N) is 1. The average molecular weight is 284 g/mol. The van der Waals surface area contributed by atoms with Gasteiger partial charge in [0.1, 0.15) is 11.9 Å². The molecule has 0 bridgehead atoms. The van der Waals surface area contributed by atoms with Crippen molar-refractivity contribution in [2.75, 3.05) is 6.54 Å². The van der Waals surface area contributed by atoms with Gasteiger partial charge < -0.3 is 5.32 Å². The molecule has 5 heteroatoms. The third-order valence-corrected chi connectivity index (χ3v) is 3.89. The first-order valence-corrected chi connectivity index (χ1v) is 7.58. The summed E-state index contributed by atoms with van der Waals surface area (Å²) in [5.41, 5.74) is 1.01. The van der Waals surface area contributed by atoms with E-state index in [1.54, 1.807) is 0 Å². The second-order valence-electron chi connectivity index (χ2n) is 5.33. The predicted molar refractivity (Wildman–Crippen MR) is 80.7 cm³/mol. The quantitative estimate of drug-likeness (QED) is 0.941. The summed E-state index contributed by atoms with van der Waals surface area (Å²) >= 11 is 0. The number of aromatic nitrogens is 3. The summed E-state index contributed by atoms with van der Waals surface area (Å²) in [6, 6.07) is 9.76. The molecule has 1 aromatic carbocycles. The highest BCUT2D eigenvalue weighted by Gasteiger charge is 2.28. The molecule has 1 atom stereocenters. The van der Waals surface area contributed by atoms with E-state index in [-0.39, 0.29) is 11.9 Å². The number of carbonyl (C=O) groups is 1. The van der Waals surface area contributed by atoms with Crippen molar-refractivity contribution in [1.29, 1.82) is 0 Å². The number of fused-ring (bicyclic) bond motifs is 1. The number of rotatable bonds is 3. The van der Waals surface area contributed by atoms with Crippen LogP contribution in [0.1, 0.15) is 38.1 Å². The van der Waals surface area contributed by atoms with Crippen molar-refractivity contribution in [3.63, 3.8) is 0 Å². The second-order valence-corrected chi connectivity index (χ2v) is 5.33. The second kappa shape index (κ2) is 6.08. The van der Waals surface area contributed by atoms with Gasteiger partial charge in [0.25, 0.3) is 0 Å². The highest BCUT2D eigenvalue weighted by atomic mass is 16.2. The molecule has 5 nitrogen and oxygen atoms in total. The van der Waals surface area contributed by atoms with Crippen LogP contribution in [-0.4, -0.2) is 27.2 Å². The van der Waals surface area contributed by atoms with E-state index in [0.717, 1.165) is 42.9 Å². The topological polar surface area (TPSA) is 59.8 Å². The van der Waals surface area contributed by atoms with Crippen LogP contribution in [-0.2, 0) is 11.2 Å². The van der Waals surface area contributed by atoms with Crippen molar-refractivity contribution >= 4 is 5.91 Å². The first-order chi connectivity index (χ1) is 10.3. The van der Waals surface area contributed by atoms with E-state index in [1.165, 1.54) is 0 Å². The van der Waals surface area contributed by atoms with Gasteiger partial charge in [-0.2, -0.15) is 0 Å². The molecule has 1 amide bonds. The Kier molecular flexibility index (Phi) is 3.99. The SMILES string of the molecule is CCNC(=O)C1CCCCc2nnc(-c3ccccc3)n21. The summed E-state index contributed by atoms with van der Waals surface area (Å²) in [7, 11) is 0. The van der Waals surface area contributed by atoms with E-state index in [2.05, 4.69) is 15.5 Å². The minimum absolute atomic E-state index is 0.0673. The summed E-state index contributed by atoms with van der Waals surface area (Å²) < 4.78 is 2.04. The molecule has 0 radical (unpaired) electrons. The monoisotopic (exact) mass is 284 g/mol. The maximum absolute atomic E-state index is 12.4. The van der Waals surface area contributed by atoms with E-state index in [4.69, 9.17) is 0 Å². The number of nitrogens with zero attached hydrogens (tertiary/aromatic N) is 3. The van der Waals surface area contributed by atoms with Gasteiger partial charge in [-0.15, -0.1) is 10.2 Å². The Morgan fingerprint density at radius 3 is 2.86 bits per heavy atom. The number of aryl methyl sites for hydroxylation is 1. The van der Waals surface area contributed by atoms with Gasteiger partial charge in [-0.25, -0.2) is 0 Å². The van der Waals surface area contributed by atoms with Crippen LogP contribution in [0.3, 0.4) is 0 Å². The summed E-state index contributed by atoms with van der Waals surface area (Å²) in [6.45, 7) is 2.59. The number of likely N-dealkylation sites (N-methyl/N-ethyl adjacent to an activating group) is 1. The number of carbonyl (C=O) groups excluding carboxylic acids is 1. The first-order valence-electron chi connectivity index (χ1n) is 7.58. The fourth-order valence-electron chi connectivity index (χ4n) is 2.90. The lowest BCUT2D eigenvalue weighted by atomic mass is 10.1. The third-order valence-electron chi connectivity index (χ3n) is 3.89. The van der Waals surface area contributed by atoms with E-state index in [0.29, 0.717) is 6.54 Å². The van der Waals surface area contributed by atoms with Gasteiger partial charge in [-0.3, -0.25) is 9.36 Å². The third kappa shape index (κ3) is 2.68. The number of amides is 1. The lowest BCUT2D eigenvalue weighted by Crippen LogP contribution is -2.33. The summed E-state index contributed by atoms with van der Waals surface area (Å²) in [4.78, 5) is 12.4. The van der Waals surface area contributed by atoms with Crippen molar-refractivity contribution in [2.45, 2.75) is 38.6 Å². The molecule has 2 aromatic rings. The predicted octanol–water partition coefficient (Wildman–Crippen LogP) is 2.35. The molecule has 1 aliphatic heterocycles. The summed E-state index contributed by atoms with van der Waals surface area (Å²) in [5.74, 6) is 1.78. The Morgan fingerprint density at radius 1 is 1.29 bits per heavy atom. The molecule has 1 N–H and O–H groups in total. The maximum Gasteiger partial charge on any atom is 0.243 e. The minimum Gasteiger partial charge on any atom is -0.355 e. The van der Waals surface area contributed by atoms with Crippen molar-refractivity contribution in [1.82, 2.24) is 20.1 Å². The van der Waals surface area contributed by atoms with Crippen LogP contribution in [0, 0.1) is 0 Å². The smallest absolute Gasteiger partial charge is 0.243 e. The number of hydrogen-bond donors (Lipinski definition) is 1. The number of benzene rings is 1. The number of hydrogen-bond acceptors (Lipinski definition) is 3. The van der Waals surface area contributed by atoms with Gasteiger partial charge in [0.15, 0.2) is 5.82 Å². The molecule has 2 heterocycles. The van der Waals surface area contributed by atoms with Crippen molar-refractivity contribution < 1.29 is 4.79 Å². The summed E-state index contributed by atoms with van der Waals surface area (Å²) in [6.07, 6.45) is 3.83.